The average Bonchev–Trinajstić information content (AvgIpc) is 2.12. The van der Waals surface area contributed by atoms with Gasteiger partial charge in [-0.3, -0.25) is 14.4 Å². The van der Waals surface area contributed by atoms with E-state index in [1.807, 2.05) is 0 Å². The van der Waals surface area contributed by atoms with E-state index in [-0.39, 0.29) is 5.06 Å². The average molecular weight is 191 g/mol. The minimum Gasteiger partial charge on any atom is -0.448 e. The molecule has 2 amide bonds. The number of carboxylic acid groups (broad SMARTS) is 1. The minimum atomic E-state index is -2.87. The zero-order chi connectivity index (χ0) is 10.2. The lowest BCUT2D eigenvalue weighted by Crippen LogP contribution is -2.40. The summed E-state index contributed by atoms with van der Waals surface area (Å²) in [5.74, 6) is -5.51. The number of nitrogens with zero attached hydrogens (tertiary/aromatic N) is 1. The van der Waals surface area contributed by atoms with Crippen LogP contribution in [0.4, 0.5) is 4.79 Å². The van der Waals surface area contributed by atoms with Crippen molar-refractivity contribution in [2.24, 2.45) is 0 Å². The number of aliphatic hydroxyl groups is 2. The van der Waals surface area contributed by atoms with Crippen LogP contribution in [0.25, 0.3) is 0 Å². The van der Waals surface area contributed by atoms with Gasteiger partial charge in [0.1, 0.15) is 0 Å². The fraction of sp³-hybridized carbons (Fsp3) is 0.400. The predicted octanol–water partition coefficient (Wildman–Crippen LogP) is -1.96. The maximum absolute atomic E-state index is 10.8. The zero-order valence-corrected chi connectivity index (χ0v) is 6.13. The van der Waals surface area contributed by atoms with Crippen molar-refractivity contribution in [3.8, 4) is 0 Å². The molecule has 0 atom stereocenters. The summed E-state index contributed by atoms with van der Waals surface area (Å²) in [6, 6.07) is 0. The van der Waals surface area contributed by atoms with Gasteiger partial charge in [-0.2, -0.15) is 0 Å². The highest BCUT2D eigenvalue weighted by atomic mass is 16.8. The molecular formula is C5H5NO7. The van der Waals surface area contributed by atoms with Crippen molar-refractivity contribution < 1.29 is 34.5 Å². The van der Waals surface area contributed by atoms with Crippen LogP contribution in [0.15, 0.2) is 0 Å². The van der Waals surface area contributed by atoms with Crippen LogP contribution >= 0.6 is 0 Å². The highest BCUT2D eigenvalue weighted by Crippen LogP contribution is 2.21. The highest BCUT2D eigenvalue weighted by Gasteiger charge is 2.52. The number of amides is 2. The van der Waals surface area contributed by atoms with Crippen LogP contribution < -0.4 is 0 Å². The van der Waals surface area contributed by atoms with E-state index in [1.54, 1.807) is 0 Å². The van der Waals surface area contributed by atoms with E-state index in [2.05, 4.69) is 4.84 Å². The molecule has 1 aliphatic heterocycles. The first-order valence-corrected chi connectivity index (χ1v) is 3.07. The number of carbonyl (C=O) groups is 3. The van der Waals surface area contributed by atoms with E-state index in [9.17, 15) is 14.4 Å². The summed E-state index contributed by atoms with van der Waals surface area (Å²) < 4.78 is 0. The first kappa shape index (κ1) is 9.42. The Hall–Kier alpha value is -1.67. The van der Waals surface area contributed by atoms with Crippen molar-refractivity contribution >= 4 is 18.0 Å². The van der Waals surface area contributed by atoms with Crippen LogP contribution in [0.5, 0.6) is 0 Å². The Morgan fingerprint density at radius 2 is 2.00 bits per heavy atom. The van der Waals surface area contributed by atoms with E-state index >= 15 is 0 Å². The molecule has 0 radical (unpaired) electrons. The van der Waals surface area contributed by atoms with E-state index in [4.69, 9.17) is 15.3 Å². The largest absolute Gasteiger partial charge is 0.531 e. The molecule has 1 heterocycles. The second kappa shape index (κ2) is 2.68. The van der Waals surface area contributed by atoms with Crippen LogP contribution in [-0.4, -0.2) is 44.1 Å². The molecule has 1 saturated heterocycles. The van der Waals surface area contributed by atoms with E-state index < -0.39 is 30.2 Å². The van der Waals surface area contributed by atoms with Gasteiger partial charge in [0, 0.05) is 0 Å². The Labute approximate surface area is 70.9 Å². The number of hydrogen-bond donors (Lipinski definition) is 3. The van der Waals surface area contributed by atoms with Gasteiger partial charge < -0.3 is 15.3 Å². The van der Waals surface area contributed by atoms with E-state index in [0.29, 0.717) is 0 Å². The Balaban J connectivity index is 2.83. The standard InChI is InChI=1S/C5H5NO7/c7-2-1-5(11,12)3(8)6(2)13-4(9)10/h11-12H,1H2,(H,9,10). The normalized spacial score (nSPS) is 20.6. The molecule has 8 nitrogen and oxygen atoms in total. The van der Waals surface area contributed by atoms with Crippen LogP contribution in [0.2, 0.25) is 0 Å². The highest BCUT2D eigenvalue weighted by molar-refractivity contribution is 6.05. The van der Waals surface area contributed by atoms with Gasteiger partial charge in [-0.1, -0.05) is 5.06 Å². The van der Waals surface area contributed by atoms with Crippen molar-refractivity contribution in [3.05, 3.63) is 0 Å². The summed E-state index contributed by atoms with van der Waals surface area (Å²) in [6.07, 6.45) is -2.81. The summed E-state index contributed by atoms with van der Waals surface area (Å²) in [5, 5.41) is 25.4. The van der Waals surface area contributed by atoms with Gasteiger partial charge in [-0.15, -0.1) is 0 Å². The van der Waals surface area contributed by atoms with Gasteiger partial charge in [0.25, 0.3) is 11.7 Å². The summed E-state index contributed by atoms with van der Waals surface area (Å²) in [7, 11) is 0. The molecule has 1 fully saturated rings. The maximum atomic E-state index is 10.8. The van der Waals surface area contributed by atoms with Crippen molar-refractivity contribution in [2.45, 2.75) is 12.2 Å². The number of imide groups is 1. The molecule has 1 rings (SSSR count). The maximum Gasteiger partial charge on any atom is 0.531 e. The van der Waals surface area contributed by atoms with Gasteiger partial charge >= 0.3 is 12.1 Å². The molecule has 0 aliphatic carbocycles. The molecule has 0 spiro atoms. The third-order valence-corrected chi connectivity index (χ3v) is 1.32. The Morgan fingerprint density at radius 1 is 1.46 bits per heavy atom. The predicted molar refractivity (Wildman–Crippen MR) is 32.7 cm³/mol. The number of hydrogen-bond acceptors (Lipinski definition) is 6. The summed E-state index contributed by atoms with van der Waals surface area (Å²) in [5.41, 5.74) is 0. The summed E-state index contributed by atoms with van der Waals surface area (Å²) in [4.78, 5) is 35.2. The smallest absolute Gasteiger partial charge is 0.448 e. The quantitative estimate of drug-likeness (QED) is 0.324. The second-order valence-electron chi connectivity index (χ2n) is 2.34. The Bertz CT molecular complexity index is 283. The van der Waals surface area contributed by atoms with Gasteiger partial charge in [-0.25, -0.2) is 4.79 Å². The Kier molecular flexibility index (Phi) is 1.94. The van der Waals surface area contributed by atoms with Gasteiger partial charge in [0.2, 0.25) is 0 Å². The van der Waals surface area contributed by atoms with Crippen molar-refractivity contribution in [2.75, 3.05) is 0 Å². The van der Waals surface area contributed by atoms with Crippen LogP contribution in [-0.2, 0) is 14.4 Å². The van der Waals surface area contributed by atoms with E-state index in [1.165, 1.54) is 0 Å². The number of carbonyl (C=O) groups excluding carboxylic acids is 2. The Morgan fingerprint density at radius 3 is 2.31 bits per heavy atom. The van der Waals surface area contributed by atoms with Gasteiger partial charge in [-0.05, 0) is 0 Å². The summed E-state index contributed by atoms with van der Waals surface area (Å²) in [6.45, 7) is 0. The van der Waals surface area contributed by atoms with Crippen molar-refractivity contribution in [1.82, 2.24) is 5.06 Å². The molecule has 0 bridgehead atoms. The topological polar surface area (TPSA) is 124 Å². The molecule has 0 unspecified atom stereocenters. The first-order valence-electron chi connectivity index (χ1n) is 3.07. The van der Waals surface area contributed by atoms with Gasteiger partial charge in [0.15, 0.2) is 0 Å². The molecular weight excluding hydrogens is 186 g/mol. The zero-order valence-electron chi connectivity index (χ0n) is 6.13. The molecule has 13 heavy (non-hydrogen) atoms. The monoisotopic (exact) mass is 191 g/mol. The molecule has 0 aromatic carbocycles. The minimum absolute atomic E-state index is 0.206. The first-order chi connectivity index (χ1) is 5.84. The van der Waals surface area contributed by atoms with E-state index in [0.717, 1.165) is 0 Å². The van der Waals surface area contributed by atoms with Crippen LogP contribution in [0.1, 0.15) is 6.42 Å². The molecule has 8 heteroatoms. The lowest BCUT2D eigenvalue weighted by molar-refractivity contribution is -0.201. The molecule has 0 saturated carbocycles. The van der Waals surface area contributed by atoms with Crippen LogP contribution in [0, 0.1) is 0 Å². The second-order valence-corrected chi connectivity index (χ2v) is 2.34. The molecule has 3 N–H and O–H groups in total. The molecule has 72 valence electrons. The molecule has 1 aliphatic rings. The van der Waals surface area contributed by atoms with Crippen LogP contribution in [0.3, 0.4) is 0 Å². The number of rotatable bonds is 1. The fourth-order valence-electron chi connectivity index (χ4n) is 0.805. The summed E-state index contributed by atoms with van der Waals surface area (Å²) >= 11 is 0. The third-order valence-electron chi connectivity index (χ3n) is 1.32. The third kappa shape index (κ3) is 1.58. The lowest BCUT2D eigenvalue weighted by Gasteiger charge is -2.12. The molecule has 0 aromatic rings. The SMILES string of the molecule is O=C(O)ON1C(=O)CC(O)(O)C1=O. The lowest BCUT2D eigenvalue weighted by atomic mass is 10.2. The van der Waals surface area contributed by atoms with Crippen molar-refractivity contribution in [3.63, 3.8) is 0 Å². The van der Waals surface area contributed by atoms with Gasteiger partial charge in [0.05, 0.1) is 6.42 Å². The fourth-order valence-corrected chi connectivity index (χ4v) is 0.805. The molecule has 0 aromatic heterocycles. The number of hydroxylamine groups is 2. The van der Waals surface area contributed by atoms with Crippen molar-refractivity contribution in [1.29, 1.82) is 0 Å².